The van der Waals surface area contributed by atoms with E-state index in [9.17, 15) is 4.79 Å². The lowest BCUT2D eigenvalue weighted by Crippen LogP contribution is -2.48. The van der Waals surface area contributed by atoms with Gasteiger partial charge in [-0.25, -0.2) is 9.97 Å². The van der Waals surface area contributed by atoms with Crippen LogP contribution in [0.5, 0.6) is 0 Å². The van der Waals surface area contributed by atoms with Crippen LogP contribution >= 0.6 is 11.3 Å². The highest BCUT2D eigenvalue weighted by Crippen LogP contribution is 2.60. The molecule has 11 nitrogen and oxygen atoms in total. The summed E-state index contributed by atoms with van der Waals surface area (Å²) in [6.07, 6.45) is 11.2. The smallest absolute Gasteiger partial charge is 0.257 e. The molecule has 0 saturated heterocycles. The quantitative estimate of drug-likeness (QED) is 0.183. The molecule has 4 aromatic heterocycles. The van der Waals surface area contributed by atoms with E-state index < -0.39 is 0 Å². The number of nitrogens with one attached hydrogen (secondary N) is 2. The molecule has 252 valence electrons. The summed E-state index contributed by atoms with van der Waals surface area (Å²) in [4.78, 5) is 25.7. The first-order chi connectivity index (χ1) is 24.5. The van der Waals surface area contributed by atoms with Crippen molar-refractivity contribution < 1.29 is 4.79 Å². The third kappa shape index (κ3) is 5.10. The molecule has 4 saturated carbocycles. The lowest BCUT2D eigenvalue weighted by atomic mass is 9.49. The second-order valence-corrected chi connectivity index (χ2v) is 16.1. The van der Waals surface area contributed by atoms with Crippen molar-refractivity contribution in [1.29, 1.82) is 0 Å². The van der Waals surface area contributed by atoms with Crippen molar-refractivity contribution >= 4 is 38.4 Å². The Bertz CT molecular complexity index is 2190. The number of benzene rings is 2. The van der Waals surface area contributed by atoms with E-state index in [-0.39, 0.29) is 5.91 Å². The van der Waals surface area contributed by atoms with E-state index >= 15 is 0 Å². The zero-order valence-electron chi connectivity index (χ0n) is 28.0. The monoisotopic (exact) mass is 682 g/mol. The minimum absolute atomic E-state index is 0.153. The number of thiazole rings is 1. The number of rotatable bonds is 7. The Kier molecular flexibility index (Phi) is 6.91. The molecule has 11 rings (SSSR count). The maximum Gasteiger partial charge on any atom is 0.257 e. The lowest BCUT2D eigenvalue weighted by Gasteiger charge is -2.56. The van der Waals surface area contributed by atoms with Gasteiger partial charge in [0.05, 0.1) is 16.4 Å². The second kappa shape index (κ2) is 11.5. The number of tetrazole rings is 1. The molecule has 1 aliphatic heterocycles. The summed E-state index contributed by atoms with van der Waals surface area (Å²) < 4.78 is 3.29. The number of carbonyl (C=O) groups excluding carboxylic acids is 1. The predicted octanol–water partition coefficient (Wildman–Crippen LogP) is 7.07. The third-order valence-corrected chi connectivity index (χ3v) is 12.8. The van der Waals surface area contributed by atoms with Crippen molar-refractivity contribution in [3.05, 3.63) is 83.2 Å². The molecular weight excluding hydrogens is 645 g/mol. The van der Waals surface area contributed by atoms with Crippen molar-refractivity contribution in [3.63, 3.8) is 0 Å². The molecule has 12 heteroatoms. The largest absolute Gasteiger partial charge is 0.352 e. The van der Waals surface area contributed by atoms with Crippen molar-refractivity contribution in [1.82, 2.24) is 40.4 Å². The molecule has 0 atom stereocenters. The summed E-state index contributed by atoms with van der Waals surface area (Å²) in [6, 6.07) is 18.1. The average molecular weight is 683 g/mol. The van der Waals surface area contributed by atoms with Crippen molar-refractivity contribution in [2.45, 2.75) is 65.0 Å². The number of hydrogen-bond donors (Lipinski definition) is 2. The van der Waals surface area contributed by atoms with Gasteiger partial charge in [-0.2, -0.15) is 10.3 Å². The van der Waals surface area contributed by atoms with Gasteiger partial charge in [-0.15, -0.1) is 10.2 Å². The molecule has 4 aliphatic carbocycles. The Morgan fingerprint density at radius 3 is 2.58 bits per heavy atom. The number of carbonyl (C=O) groups is 1. The summed E-state index contributed by atoms with van der Waals surface area (Å²) in [6.45, 7) is 4.50. The molecule has 2 aromatic carbocycles. The zero-order valence-corrected chi connectivity index (χ0v) is 28.8. The summed E-state index contributed by atoms with van der Waals surface area (Å²) in [5.74, 6) is 3.82. The fourth-order valence-corrected chi connectivity index (χ4v) is 10.9. The summed E-state index contributed by atoms with van der Waals surface area (Å²) in [7, 11) is 0. The summed E-state index contributed by atoms with van der Waals surface area (Å²) >= 11 is 1.48. The Morgan fingerprint density at radius 2 is 1.80 bits per heavy atom. The first-order valence-corrected chi connectivity index (χ1v) is 18.6. The molecule has 0 radical (unpaired) electrons. The highest BCUT2D eigenvalue weighted by Gasteiger charge is 2.51. The van der Waals surface area contributed by atoms with E-state index in [0.717, 1.165) is 75.7 Å². The van der Waals surface area contributed by atoms with Gasteiger partial charge < -0.3 is 4.90 Å². The minimum atomic E-state index is -0.153. The molecule has 5 heterocycles. The predicted molar refractivity (Wildman–Crippen MR) is 193 cm³/mol. The van der Waals surface area contributed by atoms with Crippen LogP contribution in [0.3, 0.4) is 0 Å². The molecule has 2 N–H and O–H groups in total. The first kappa shape index (κ1) is 29.9. The fraction of sp³-hybridized carbons (Fsp3) is 0.395. The lowest BCUT2D eigenvalue weighted by molar-refractivity contribution is -0.0638. The Labute approximate surface area is 293 Å². The summed E-state index contributed by atoms with van der Waals surface area (Å²) in [5.41, 5.74) is 7.91. The normalized spacial score (nSPS) is 23.8. The van der Waals surface area contributed by atoms with Crippen molar-refractivity contribution in [3.8, 4) is 22.6 Å². The second-order valence-electron chi connectivity index (χ2n) is 15.1. The minimum Gasteiger partial charge on any atom is -0.352 e. The number of anilines is 2. The van der Waals surface area contributed by atoms with Crippen LogP contribution in [-0.2, 0) is 19.5 Å². The standard InChI is InChI=1S/C38H38N10OS/c1-22-29(19-39-48(22)21-38-16-23-13-24(17-38)15-25(14-23)18-38)27-9-10-33(41-34(27)35-43-45-46-44-35)47-12-11-26-5-4-6-28(30(26)20-47)36(49)42-37-40-31-7-2-3-8-32(31)50-37/h2-10,19,23-25H,11-18,20-21H2,1H3,(H,40,42,49)(H,43,44,45,46). The fourth-order valence-electron chi connectivity index (χ4n) is 10.0. The maximum atomic E-state index is 13.6. The number of aromatic amines is 1. The number of para-hydroxylation sites is 1. The molecule has 1 amide bonds. The Balaban J connectivity index is 0.940. The number of fused-ring (bicyclic) bond motifs is 2. The molecule has 4 fully saturated rings. The highest BCUT2D eigenvalue weighted by molar-refractivity contribution is 7.22. The number of hydrogen-bond acceptors (Lipinski definition) is 9. The summed E-state index contributed by atoms with van der Waals surface area (Å²) in [5, 5.41) is 23.8. The van der Waals surface area contributed by atoms with Gasteiger partial charge in [0.25, 0.3) is 5.91 Å². The number of nitrogens with zero attached hydrogens (tertiary/aromatic N) is 8. The van der Waals surface area contributed by atoms with Crippen LogP contribution in [0.2, 0.25) is 0 Å². The number of pyridine rings is 1. The maximum absolute atomic E-state index is 13.6. The van der Waals surface area contributed by atoms with Gasteiger partial charge in [0.2, 0.25) is 5.82 Å². The van der Waals surface area contributed by atoms with Crippen molar-refractivity contribution in [2.75, 3.05) is 16.8 Å². The number of H-pyrrole nitrogens is 1. The first-order valence-electron chi connectivity index (χ1n) is 17.8. The Hall–Kier alpha value is -4.97. The molecule has 6 aromatic rings. The van der Waals surface area contributed by atoms with Crippen LogP contribution in [-0.4, -0.2) is 52.8 Å². The van der Waals surface area contributed by atoms with Gasteiger partial charge >= 0.3 is 0 Å². The van der Waals surface area contributed by atoms with Gasteiger partial charge in [0, 0.05) is 42.0 Å². The molecule has 0 unspecified atom stereocenters. The van der Waals surface area contributed by atoms with Crippen LogP contribution in [0.25, 0.3) is 32.9 Å². The van der Waals surface area contributed by atoms with Crippen molar-refractivity contribution in [2.24, 2.45) is 23.2 Å². The third-order valence-electron chi connectivity index (χ3n) is 11.8. The van der Waals surface area contributed by atoms with E-state index in [1.165, 1.54) is 55.4 Å². The van der Waals surface area contributed by atoms with Gasteiger partial charge in [-0.1, -0.05) is 35.6 Å². The molecule has 5 aliphatic rings. The van der Waals surface area contributed by atoms with E-state index in [2.05, 4.69) is 65.6 Å². The van der Waals surface area contributed by atoms with E-state index in [1.54, 1.807) is 0 Å². The number of amides is 1. The topological polar surface area (TPSA) is 130 Å². The van der Waals surface area contributed by atoms with E-state index in [0.29, 0.717) is 34.2 Å². The van der Waals surface area contributed by atoms with Gasteiger partial charge in [-0.3, -0.25) is 14.8 Å². The molecule has 50 heavy (non-hydrogen) atoms. The van der Waals surface area contributed by atoms with Crippen LogP contribution < -0.4 is 10.2 Å². The SMILES string of the molecule is Cc1c(-c2ccc(N3CCc4cccc(C(=O)Nc5nc6ccccc6s5)c4C3)nc2-c2nn[nH]n2)cnn1CC12CC3CC(CC(C3)C1)C2. The van der Waals surface area contributed by atoms with E-state index in [4.69, 9.17) is 10.1 Å². The molecule has 0 spiro atoms. The average Bonchev–Trinajstić information content (AvgIpc) is 3.88. The van der Waals surface area contributed by atoms with Gasteiger partial charge in [0.15, 0.2) is 5.13 Å². The highest BCUT2D eigenvalue weighted by atomic mass is 32.1. The van der Waals surface area contributed by atoms with Crippen LogP contribution in [0.15, 0.2) is 60.8 Å². The van der Waals surface area contributed by atoms with Gasteiger partial charge in [-0.05, 0) is 122 Å². The van der Waals surface area contributed by atoms with Gasteiger partial charge in [0.1, 0.15) is 11.5 Å². The van der Waals surface area contributed by atoms with Crippen LogP contribution in [0.4, 0.5) is 10.9 Å². The Morgan fingerprint density at radius 1 is 0.980 bits per heavy atom. The molecule has 4 bridgehead atoms. The van der Waals surface area contributed by atoms with Crippen LogP contribution in [0.1, 0.15) is 65.7 Å². The molecular formula is C38H38N10OS. The van der Waals surface area contributed by atoms with E-state index in [1.807, 2.05) is 42.6 Å². The van der Waals surface area contributed by atoms with Crippen LogP contribution in [0, 0.1) is 30.1 Å². The zero-order chi connectivity index (χ0) is 33.4. The number of aromatic nitrogens is 8.